The van der Waals surface area contributed by atoms with Crippen LogP contribution < -0.4 is 18.9 Å². The first-order chi connectivity index (χ1) is 65.1. The zero-order valence-electron chi connectivity index (χ0n) is 74.3. The van der Waals surface area contributed by atoms with Crippen molar-refractivity contribution < 1.29 is 76.1 Å². The SMILES string of the molecule is CC1CN(CCc2ccc(Oc3c(C(=O)c4ccc(Cl)cc4)sc4cc(O)ccc34)cc2)C1.CC1CN(CCc2ccc(Oc3c(C(=O)c4ccccc4C(F)(F)F)sc4cc(O)ccc34)cc2)C1.CC1CN(CCc2ccc(Oc3c(C(=O)c4ccccc4Cl)sc4cc(O)ccc34)cc2)C1.CC1CN(CCc2ccc(Oc3c(C(=O)c4ccccc4F)sc4cc(O)ccc34)cc2)C1. The van der Waals surface area contributed by atoms with E-state index in [1.54, 1.807) is 133 Å². The number of fused-ring (bicyclic) bond motifs is 4. The molecule has 4 saturated heterocycles. The van der Waals surface area contributed by atoms with Crippen LogP contribution in [0.25, 0.3) is 40.3 Å². The highest BCUT2D eigenvalue weighted by molar-refractivity contribution is 7.22. The van der Waals surface area contributed by atoms with E-state index in [2.05, 4.69) is 71.6 Å². The van der Waals surface area contributed by atoms with E-state index < -0.39 is 34.7 Å². The number of aromatic hydroxyl groups is 4. The molecule has 135 heavy (non-hydrogen) atoms. The quantitative estimate of drug-likeness (QED) is 0.0266. The number of benzene rings is 12. The number of likely N-dealkylation sites (tertiary alicyclic amines) is 4. The largest absolute Gasteiger partial charge is 0.508 e. The number of ether oxygens (including phenoxy) is 4. The Morgan fingerprint density at radius 1 is 0.341 bits per heavy atom. The molecule has 26 heteroatoms. The second-order valence-electron chi connectivity index (χ2n) is 35.0. The van der Waals surface area contributed by atoms with Crippen LogP contribution in [-0.2, 0) is 31.9 Å². The molecule has 0 aliphatic carbocycles. The summed E-state index contributed by atoms with van der Waals surface area (Å²) in [5.41, 5.74) is 4.42. The van der Waals surface area contributed by atoms with Gasteiger partial charge in [0.1, 0.15) is 71.3 Å². The molecule has 0 bridgehead atoms. The third kappa shape index (κ3) is 22.8. The van der Waals surface area contributed by atoms with Crippen molar-refractivity contribution in [2.45, 2.75) is 59.6 Å². The van der Waals surface area contributed by atoms with E-state index in [1.807, 2.05) is 60.7 Å². The summed E-state index contributed by atoms with van der Waals surface area (Å²) in [4.78, 5) is 64.4. The minimum atomic E-state index is -4.67. The van der Waals surface area contributed by atoms with Gasteiger partial charge in [-0.2, -0.15) is 13.2 Å². The number of nitrogens with zero attached hydrogens (tertiary/aromatic N) is 4. The number of carbonyl (C=O) groups excluding carboxylic acids is 4. The van der Waals surface area contributed by atoms with E-state index in [1.165, 1.54) is 132 Å². The van der Waals surface area contributed by atoms with Gasteiger partial charge in [0.15, 0.2) is 23.0 Å². The van der Waals surface area contributed by atoms with Gasteiger partial charge in [-0.25, -0.2) is 4.39 Å². The number of phenolic OH excluding ortho intramolecular Hbond substituents is 4. The Morgan fingerprint density at radius 2 is 0.615 bits per heavy atom. The van der Waals surface area contributed by atoms with Crippen molar-refractivity contribution in [1.82, 2.24) is 19.6 Å². The number of phenols is 4. The number of carbonyl (C=O) groups is 4. The van der Waals surface area contributed by atoms with Crippen LogP contribution in [0.4, 0.5) is 17.6 Å². The van der Waals surface area contributed by atoms with Crippen molar-refractivity contribution in [2.24, 2.45) is 23.7 Å². The van der Waals surface area contributed by atoms with E-state index in [0.29, 0.717) is 96.2 Å². The molecule has 4 fully saturated rings. The molecule has 4 N–H and O–H groups in total. The lowest BCUT2D eigenvalue weighted by atomic mass is 10.0. The Labute approximate surface area is 805 Å². The molecule has 20 rings (SSSR count). The van der Waals surface area contributed by atoms with Gasteiger partial charge >= 0.3 is 6.18 Å². The van der Waals surface area contributed by atoms with Gasteiger partial charge in [0.2, 0.25) is 23.1 Å². The fourth-order valence-electron chi connectivity index (χ4n) is 17.1. The van der Waals surface area contributed by atoms with Crippen LogP contribution in [0.5, 0.6) is 69.0 Å². The van der Waals surface area contributed by atoms with Gasteiger partial charge in [0, 0.05) is 141 Å². The summed E-state index contributed by atoms with van der Waals surface area (Å²) in [5, 5.41) is 43.5. The Bertz CT molecular complexity index is 6780. The van der Waals surface area contributed by atoms with Gasteiger partial charge in [-0.3, -0.25) is 19.2 Å². The number of alkyl halides is 3. The van der Waals surface area contributed by atoms with Crippen LogP contribution >= 0.6 is 68.5 Å². The zero-order chi connectivity index (χ0) is 94.3. The summed E-state index contributed by atoms with van der Waals surface area (Å²) in [6.45, 7) is 22.6. The minimum absolute atomic E-state index is 0.00575. The van der Waals surface area contributed by atoms with Crippen molar-refractivity contribution >= 4 is 132 Å². The standard InChI is InChI=1S/C28H24F3NO3S.2C27H24ClNO3S.C27H24FNO3S/c1-17-15-32(16-17)13-12-18-6-9-20(10-7-18)35-26-22-11-8-19(33)14-24(22)36-27(26)25(34)21-4-2-3-5-23(21)28(29,30)31;1-17-15-29(16-17)13-12-18-2-9-22(10-3-18)32-26-23-11-8-21(30)14-24(23)33-27(26)25(31)19-4-6-20(28)7-5-19;2*1-17-15-29(16-17)13-12-18-6-9-20(10-7-18)32-26-22-11-8-19(30)14-24(22)33-27(26)25(31)21-4-2-3-5-23(21)28/h2-11,14,17,33H,12-13,15-16H2,1H3;3*2-11,14,17,30H,12-13,15-16H2,1H3. The van der Waals surface area contributed by atoms with Crippen molar-refractivity contribution in [1.29, 1.82) is 0 Å². The number of halogens is 6. The number of hydrogen-bond donors (Lipinski definition) is 4. The molecule has 0 radical (unpaired) electrons. The van der Waals surface area contributed by atoms with Crippen LogP contribution in [0, 0.1) is 29.5 Å². The molecule has 16 aromatic rings. The maximum absolute atomic E-state index is 14.3. The van der Waals surface area contributed by atoms with E-state index in [9.17, 15) is 57.2 Å². The highest BCUT2D eigenvalue weighted by Gasteiger charge is 2.38. The third-order valence-electron chi connectivity index (χ3n) is 24.2. The molecule has 12 aromatic carbocycles. The molecule has 0 amide bonds. The predicted molar refractivity (Wildman–Crippen MR) is 532 cm³/mol. The van der Waals surface area contributed by atoms with E-state index >= 15 is 0 Å². The van der Waals surface area contributed by atoms with Crippen LogP contribution in [0.1, 0.15) is 116 Å². The highest BCUT2D eigenvalue weighted by Crippen LogP contribution is 2.49. The summed E-state index contributed by atoms with van der Waals surface area (Å²) in [5.74, 6) is 5.41. The predicted octanol–water partition coefficient (Wildman–Crippen LogP) is 27.0. The van der Waals surface area contributed by atoms with Gasteiger partial charge in [0.25, 0.3) is 0 Å². The lowest BCUT2D eigenvalue weighted by Gasteiger charge is -2.37. The molecule has 8 heterocycles. The van der Waals surface area contributed by atoms with Gasteiger partial charge < -0.3 is 59.0 Å². The number of rotatable bonds is 28. The summed E-state index contributed by atoms with van der Waals surface area (Å²) in [7, 11) is 0. The Hall–Kier alpha value is -12.3. The molecule has 4 aliphatic rings. The molecule has 690 valence electrons. The van der Waals surface area contributed by atoms with Crippen LogP contribution in [-0.4, -0.2) is 142 Å². The molecule has 0 atom stereocenters. The smallest absolute Gasteiger partial charge is 0.417 e. The van der Waals surface area contributed by atoms with Crippen LogP contribution in [0.15, 0.2) is 267 Å². The van der Waals surface area contributed by atoms with Gasteiger partial charge in [-0.1, -0.05) is 142 Å². The average Bonchev–Trinajstić information content (AvgIpc) is 1.65. The second-order valence-corrected chi connectivity index (χ2v) is 40.1. The van der Waals surface area contributed by atoms with Crippen molar-refractivity contribution in [3.8, 4) is 69.0 Å². The molecule has 16 nitrogen and oxygen atoms in total. The minimum Gasteiger partial charge on any atom is -0.508 e. The Balaban J connectivity index is 0.000000125. The fraction of sp³-hybridized carbons (Fsp3) is 0.229. The molecular weight excluding hydrogens is 1830 g/mol. The van der Waals surface area contributed by atoms with E-state index in [-0.39, 0.29) is 50.8 Å². The summed E-state index contributed by atoms with van der Waals surface area (Å²) >= 11 is 17.1. The maximum atomic E-state index is 14.3. The average molecular weight is 1930 g/mol. The molecule has 4 aromatic heterocycles. The highest BCUT2D eigenvalue weighted by atomic mass is 35.5. The fourth-order valence-corrected chi connectivity index (χ4v) is 22.0. The first kappa shape index (κ1) is 94.5. The topological polar surface area (TPSA) is 199 Å². The molecule has 4 aliphatic heterocycles. The van der Waals surface area contributed by atoms with Crippen molar-refractivity contribution in [3.05, 3.63) is 352 Å². The molecule has 0 unspecified atom stereocenters. The lowest BCUT2D eigenvalue weighted by Crippen LogP contribution is -2.45. The van der Waals surface area contributed by atoms with Crippen LogP contribution in [0.2, 0.25) is 10.0 Å². The molecular formula is C109H96Cl2F4N4O12S4. The molecule has 0 spiro atoms. The number of thiophene rings is 4. The third-order valence-corrected chi connectivity index (χ3v) is 29.3. The second kappa shape index (κ2) is 41.9. The summed E-state index contributed by atoms with van der Waals surface area (Å²) in [6.07, 6.45) is -0.777. The molecule has 0 saturated carbocycles. The first-order valence-corrected chi connectivity index (χ1v) is 48.7. The van der Waals surface area contributed by atoms with Gasteiger partial charge in [-0.15, -0.1) is 45.3 Å². The number of ketones is 4. The van der Waals surface area contributed by atoms with Crippen molar-refractivity contribution in [3.63, 3.8) is 0 Å². The summed E-state index contributed by atoms with van der Waals surface area (Å²) < 4.78 is 82.8. The zero-order valence-corrected chi connectivity index (χ0v) is 79.0. The maximum Gasteiger partial charge on any atom is 0.417 e. The number of hydrogen-bond acceptors (Lipinski definition) is 20. The first-order valence-electron chi connectivity index (χ1n) is 44.7. The lowest BCUT2D eigenvalue weighted by molar-refractivity contribution is -0.137. The Kier molecular flexibility index (Phi) is 29.3. The Morgan fingerprint density at radius 3 is 0.919 bits per heavy atom. The van der Waals surface area contributed by atoms with E-state index in [0.717, 1.165) is 132 Å². The van der Waals surface area contributed by atoms with Gasteiger partial charge in [-0.05, 0) is 248 Å². The van der Waals surface area contributed by atoms with Crippen molar-refractivity contribution in [2.75, 3.05) is 78.5 Å². The summed E-state index contributed by atoms with van der Waals surface area (Å²) in [6, 6.07) is 75.5. The van der Waals surface area contributed by atoms with Crippen LogP contribution in [0.3, 0.4) is 0 Å². The normalized spacial score (nSPS) is 14.4. The van der Waals surface area contributed by atoms with E-state index in [4.69, 9.17) is 42.1 Å². The monoisotopic (exact) mass is 1930 g/mol. The van der Waals surface area contributed by atoms with Gasteiger partial charge in [0.05, 0.1) is 16.1 Å².